The van der Waals surface area contributed by atoms with E-state index in [1.165, 1.54) is 0 Å². The first kappa shape index (κ1) is 27.5. The van der Waals surface area contributed by atoms with Gasteiger partial charge in [-0.1, -0.05) is 82.0 Å². The lowest BCUT2D eigenvalue weighted by molar-refractivity contribution is 0.393. The number of aryl methyl sites for hydroxylation is 2. The smallest absolute Gasteiger partial charge is 0.170 e. The number of phenols is 2. The summed E-state index contributed by atoms with van der Waals surface area (Å²) >= 11 is 12.4. The molecule has 2 heterocycles. The fourth-order valence-corrected chi connectivity index (χ4v) is 5.42. The standard InChI is InChI=1S/C32H26Cl2N4O4/c1-17-15-25(37-41-17)35-29(19-7-11-21(33)12-8-19)27-23-5-3-4-6-24(23)28(32(40)31(27)39)30(20-9-13-22(34)14-10-20)36-26-16-18(2)42-38-26/h3-16,29-30,39-40H,1-2H3,(H,35,37)(H,36,38)/t29-,30-/m0/s1. The second-order valence-corrected chi connectivity index (χ2v) is 10.8. The Morgan fingerprint density at radius 2 is 1.00 bits per heavy atom. The number of phenolic OH excluding ortho intramolecular Hbond substituents is 2. The maximum absolute atomic E-state index is 11.8. The van der Waals surface area contributed by atoms with E-state index in [1.807, 2.05) is 48.5 Å². The van der Waals surface area contributed by atoms with Crippen molar-refractivity contribution in [3.63, 3.8) is 0 Å². The van der Waals surface area contributed by atoms with Gasteiger partial charge in [-0.3, -0.25) is 0 Å². The summed E-state index contributed by atoms with van der Waals surface area (Å²) in [6.45, 7) is 3.59. The summed E-state index contributed by atoms with van der Waals surface area (Å²) in [5, 5.41) is 41.1. The third-order valence-electron chi connectivity index (χ3n) is 7.07. The van der Waals surface area contributed by atoms with E-state index in [0.717, 1.165) is 11.1 Å². The van der Waals surface area contributed by atoms with Crippen molar-refractivity contribution in [3.05, 3.63) is 129 Å². The van der Waals surface area contributed by atoms with Crippen LogP contribution in [-0.2, 0) is 0 Å². The summed E-state index contributed by atoms with van der Waals surface area (Å²) in [7, 11) is 0. The lowest BCUT2D eigenvalue weighted by Gasteiger charge is -2.27. The Bertz CT molecular complexity index is 1730. The molecule has 0 bridgehead atoms. The Hall–Kier alpha value is -4.66. The Morgan fingerprint density at radius 3 is 1.33 bits per heavy atom. The van der Waals surface area contributed by atoms with Crippen molar-refractivity contribution >= 4 is 45.6 Å². The number of nitrogens with zero attached hydrogens (tertiary/aromatic N) is 2. The molecule has 6 rings (SSSR count). The van der Waals surface area contributed by atoms with Gasteiger partial charge in [0, 0.05) is 33.3 Å². The van der Waals surface area contributed by atoms with Crippen LogP contribution in [0.1, 0.15) is 45.9 Å². The molecule has 2 atom stereocenters. The molecule has 0 unspecified atom stereocenters. The largest absolute Gasteiger partial charge is 0.504 e. The predicted octanol–water partition coefficient (Wildman–Crippen LogP) is 8.55. The minimum absolute atomic E-state index is 0.284. The third kappa shape index (κ3) is 5.34. The zero-order chi connectivity index (χ0) is 29.4. The zero-order valence-corrected chi connectivity index (χ0v) is 24.1. The van der Waals surface area contributed by atoms with Gasteiger partial charge < -0.3 is 29.9 Å². The number of hydrogen-bond acceptors (Lipinski definition) is 8. The maximum Gasteiger partial charge on any atom is 0.170 e. The first-order valence-electron chi connectivity index (χ1n) is 13.2. The van der Waals surface area contributed by atoms with Gasteiger partial charge in [-0.05, 0) is 60.0 Å². The summed E-state index contributed by atoms with van der Waals surface area (Å²) in [6.07, 6.45) is 0. The molecule has 0 aliphatic heterocycles. The van der Waals surface area contributed by atoms with Crippen LogP contribution in [0.2, 0.25) is 10.0 Å². The Kier molecular flexibility index (Phi) is 7.41. The van der Waals surface area contributed by atoms with Crippen molar-refractivity contribution in [1.82, 2.24) is 10.3 Å². The number of aromatic hydroxyl groups is 2. The van der Waals surface area contributed by atoms with Crippen LogP contribution in [0.4, 0.5) is 11.6 Å². The molecule has 0 aliphatic rings. The lowest BCUT2D eigenvalue weighted by atomic mass is 9.86. The van der Waals surface area contributed by atoms with Gasteiger partial charge in [-0.2, -0.15) is 0 Å². The van der Waals surface area contributed by atoms with E-state index >= 15 is 0 Å². The summed E-state index contributed by atoms with van der Waals surface area (Å²) in [5.41, 5.74) is 2.50. The quantitative estimate of drug-likeness (QED) is 0.128. The molecule has 10 heteroatoms. The molecule has 212 valence electrons. The minimum atomic E-state index is -0.628. The van der Waals surface area contributed by atoms with Gasteiger partial charge in [-0.15, -0.1) is 0 Å². The van der Waals surface area contributed by atoms with E-state index < -0.39 is 12.1 Å². The number of aromatic nitrogens is 2. The highest BCUT2D eigenvalue weighted by atomic mass is 35.5. The van der Waals surface area contributed by atoms with E-state index in [0.29, 0.717) is 55.1 Å². The molecule has 2 aromatic heterocycles. The topological polar surface area (TPSA) is 117 Å². The Labute approximate surface area is 251 Å². The molecule has 0 saturated carbocycles. The van der Waals surface area contributed by atoms with Crippen molar-refractivity contribution in [1.29, 1.82) is 0 Å². The number of halogens is 2. The van der Waals surface area contributed by atoms with Crippen LogP contribution >= 0.6 is 23.2 Å². The summed E-state index contributed by atoms with van der Waals surface area (Å²) in [4.78, 5) is 0. The number of rotatable bonds is 8. The molecular formula is C32H26Cl2N4O4. The van der Waals surface area contributed by atoms with Gasteiger partial charge in [0.15, 0.2) is 23.1 Å². The summed E-state index contributed by atoms with van der Waals surface area (Å²) in [5.74, 6) is 1.63. The summed E-state index contributed by atoms with van der Waals surface area (Å²) < 4.78 is 10.6. The number of fused-ring (bicyclic) bond motifs is 1. The minimum Gasteiger partial charge on any atom is -0.504 e. The lowest BCUT2D eigenvalue weighted by Crippen LogP contribution is -2.16. The van der Waals surface area contributed by atoms with Crippen LogP contribution in [0, 0.1) is 13.8 Å². The SMILES string of the molecule is Cc1cc(N[C@@H](c2ccc(Cl)cc2)c2c(O)c(O)c([C@@H](Nc3cc(C)on3)c3ccc(Cl)cc3)c3ccccc23)no1. The van der Waals surface area contributed by atoms with E-state index in [-0.39, 0.29) is 11.5 Å². The third-order valence-corrected chi connectivity index (χ3v) is 7.57. The van der Waals surface area contributed by atoms with Crippen LogP contribution in [0.25, 0.3) is 10.8 Å². The fourth-order valence-electron chi connectivity index (χ4n) is 5.17. The maximum atomic E-state index is 11.8. The van der Waals surface area contributed by atoms with Gasteiger partial charge in [0.25, 0.3) is 0 Å². The van der Waals surface area contributed by atoms with Crippen molar-refractivity contribution < 1.29 is 19.3 Å². The van der Waals surface area contributed by atoms with Crippen molar-refractivity contribution in [2.75, 3.05) is 10.6 Å². The number of benzene rings is 4. The summed E-state index contributed by atoms with van der Waals surface area (Å²) in [6, 6.07) is 24.4. The molecule has 0 aliphatic carbocycles. The van der Waals surface area contributed by atoms with Crippen molar-refractivity contribution in [2.45, 2.75) is 25.9 Å². The highest BCUT2D eigenvalue weighted by Gasteiger charge is 2.30. The van der Waals surface area contributed by atoms with Gasteiger partial charge in [0.1, 0.15) is 11.5 Å². The second kappa shape index (κ2) is 11.3. The van der Waals surface area contributed by atoms with E-state index in [2.05, 4.69) is 20.9 Å². The van der Waals surface area contributed by atoms with Crippen LogP contribution in [-0.4, -0.2) is 20.5 Å². The van der Waals surface area contributed by atoms with Gasteiger partial charge in [0.2, 0.25) is 0 Å². The molecule has 0 amide bonds. The van der Waals surface area contributed by atoms with E-state index in [1.54, 1.807) is 50.2 Å². The zero-order valence-electron chi connectivity index (χ0n) is 22.6. The van der Waals surface area contributed by atoms with Gasteiger partial charge in [0.05, 0.1) is 12.1 Å². The molecule has 8 nitrogen and oxygen atoms in total. The van der Waals surface area contributed by atoms with Crippen molar-refractivity contribution in [3.8, 4) is 11.5 Å². The van der Waals surface area contributed by atoms with Crippen LogP contribution in [0.15, 0.2) is 94.0 Å². The molecule has 4 N–H and O–H groups in total. The molecule has 0 saturated heterocycles. The Morgan fingerprint density at radius 1 is 0.619 bits per heavy atom. The molecule has 6 aromatic rings. The first-order chi connectivity index (χ1) is 20.3. The monoisotopic (exact) mass is 600 g/mol. The highest BCUT2D eigenvalue weighted by Crippen LogP contribution is 2.49. The van der Waals surface area contributed by atoms with Gasteiger partial charge >= 0.3 is 0 Å². The van der Waals surface area contributed by atoms with Crippen LogP contribution < -0.4 is 10.6 Å². The normalized spacial score (nSPS) is 12.8. The average molecular weight is 601 g/mol. The van der Waals surface area contributed by atoms with Crippen molar-refractivity contribution in [2.24, 2.45) is 0 Å². The highest BCUT2D eigenvalue weighted by molar-refractivity contribution is 6.30. The average Bonchev–Trinajstić information content (AvgIpc) is 3.60. The van der Waals surface area contributed by atoms with Crippen LogP contribution in [0.5, 0.6) is 11.5 Å². The van der Waals surface area contributed by atoms with Crippen LogP contribution in [0.3, 0.4) is 0 Å². The molecule has 0 fully saturated rings. The van der Waals surface area contributed by atoms with E-state index in [4.69, 9.17) is 32.2 Å². The molecule has 42 heavy (non-hydrogen) atoms. The molecular weight excluding hydrogens is 575 g/mol. The Balaban J connectivity index is 1.58. The fraction of sp³-hybridized carbons (Fsp3) is 0.125. The molecule has 4 aromatic carbocycles. The first-order valence-corrected chi connectivity index (χ1v) is 13.9. The molecule has 0 radical (unpaired) electrons. The predicted molar refractivity (Wildman–Crippen MR) is 164 cm³/mol. The van der Waals surface area contributed by atoms with E-state index in [9.17, 15) is 10.2 Å². The van der Waals surface area contributed by atoms with Gasteiger partial charge in [-0.25, -0.2) is 0 Å². The number of nitrogens with one attached hydrogen (secondary N) is 2. The number of anilines is 2. The number of hydrogen-bond donors (Lipinski definition) is 4. The molecule has 0 spiro atoms. The second-order valence-electron chi connectivity index (χ2n) is 9.97.